The molecule has 0 bridgehead atoms. The predicted octanol–water partition coefficient (Wildman–Crippen LogP) is 3.92. The molecule has 0 saturated carbocycles. The number of hydrogen-bond acceptors (Lipinski definition) is 2. The van der Waals surface area contributed by atoms with Gasteiger partial charge in [0, 0.05) is 32.2 Å². The van der Waals surface area contributed by atoms with Crippen LogP contribution in [0.25, 0.3) is 0 Å². The van der Waals surface area contributed by atoms with Crippen LogP contribution < -0.4 is 0 Å². The van der Waals surface area contributed by atoms with E-state index in [1.54, 1.807) is 0 Å². The lowest BCUT2D eigenvalue weighted by molar-refractivity contribution is 0.107. The van der Waals surface area contributed by atoms with Crippen molar-refractivity contribution in [3.63, 3.8) is 0 Å². The average Bonchev–Trinajstić information content (AvgIpc) is 2.59. The van der Waals surface area contributed by atoms with E-state index in [9.17, 15) is 0 Å². The largest absolute Gasteiger partial charge is 0.304 e. The van der Waals surface area contributed by atoms with Gasteiger partial charge < -0.3 is 4.90 Å². The molecule has 1 aliphatic heterocycles. The van der Waals surface area contributed by atoms with Crippen LogP contribution in [-0.4, -0.2) is 43.0 Å². The highest BCUT2D eigenvalue weighted by Gasteiger charge is 2.23. The van der Waals surface area contributed by atoms with Gasteiger partial charge in [0.2, 0.25) is 0 Å². The van der Waals surface area contributed by atoms with Crippen molar-refractivity contribution in [1.82, 2.24) is 9.80 Å². The first kappa shape index (κ1) is 16.2. The van der Waals surface area contributed by atoms with Crippen molar-refractivity contribution < 1.29 is 0 Å². The Bertz CT molecular complexity index is 583. The maximum Gasteiger partial charge on any atom is 0.0352 e. The molecule has 0 aliphatic carbocycles. The van der Waals surface area contributed by atoms with Gasteiger partial charge in [-0.2, -0.15) is 0 Å². The van der Waals surface area contributed by atoms with E-state index in [2.05, 4.69) is 78.4 Å². The van der Waals surface area contributed by atoms with Crippen LogP contribution in [0.2, 0.25) is 0 Å². The van der Waals surface area contributed by atoms with Crippen molar-refractivity contribution in [1.29, 1.82) is 0 Å². The minimum Gasteiger partial charge on any atom is -0.304 e. The van der Waals surface area contributed by atoms with Crippen LogP contribution in [-0.2, 0) is 6.42 Å². The van der Waals surface area contributed by atoms with Crippen LogP contribution in [0.3, 0.4) is 0 Å². The SMILES string of the molecule is Cc1ccc(C(CCc2ccccc2)N2CCN(C)CC2)cc1. The van der Waals surface area contributed by atoms with Crippen LogP contribution >= 0.6 is 0 Å². The Hall–Kier alpha value is -1.64. The summed E-state index contributed by atoms with van der Waals surface area (Å²) in [5.41, 5.74) is 4.25. The van der Waals surface area contributed by atoms with Crippen molar-refractivity contribution in [2.75, 3.05) is 33.2 Å². The molecule has 3 rings (SSSR count). The minimum absolute atomic E-state index is 0.532. The molecule has 23 heavy (non-hydrogen) atoms. The second-order valence-corrected chi connectivity index (χ2v) is 6.79. The Morgan fingerprint density at radius 3 is 2.17 bits per heavy atom. The summed E-state index contributed by atoms with van der Waals surface area (Å²) in [6.45, 7) is 6.85. The summed E-state index contributed by atoms with van der Waals surface area (Å²) in [6, 6.07) is 20.6. The summed E-state index contributed by atoms with van der Waals surface area (Å²) < 4.78 is 0. The van der Waals surface area contributed by atoms with Gasteiger partial charge in [-0.05, 0) is 37.9 Å². The molecule has 1 atom stereocenters. The van der Waals surface area contributed by atoms with Gasteiger partial charge in [0.1, 0.15) is 0 Å². The molecule has 1 unspecified atom stereocenters. The smallest absolute Gasteiger partial charge is 0.0352 e. The monoisotopic (exact) mass is 308 g/mol. The number of benzene rings is 2. The fourth-order valence-corrected chi connectivity index (χ4v) is 3.43. The normalized spacial score (nSPS) is 18.0. The summed E-state index contributed by atoms with van der Waals surface area (Å²) in [5, 5.41) is 0. The van der Waals surface area contributed by atoms with Gasteiger partial charge in [-0.1, -0.05) is 60.2 Å². The lowest BCUT2D eigenvalue weighted by Gasteiger charge is -2.38. The topological polar surface area (TPSA) is 6.48 Å². The van der Waals surface area contributed by atoms with Gasteiger partial charge in [0.25, 0.3) is 0 Å². The number of aryl methyl sites for hydroxylation is 2. The van der Waals surface area contributed by atoms with Crippen molar-refractivity contribution >= 4 is 0 Å². The molecule has 1 aliphatic rings. The molecule has 1 fully saturated rings. The zero-order valence-corrected chi connectivity index (χ0v) is 14.4. The fourth-order valence-electron chi connectivity index (χ4n) is 3.43. The number of hydrogen-bond donors (Lipinski definition) is 0. The number of nitrogens with zero attached hydrogens (tertiary/aromatic N) is 2. The maximum atomic E-state index is 2.67. The third kappa shape index (κ3) is 4.43. The second-order valence-electron chi connectivity index (χ2n) is 6.79. The Balaban J connectivity index is 1.74. The van der Waals surface area contributed by atoms with E-state index in [0.717, 1.165) is 6.42 Å². The van der Waals surface area contributed by atoms with E-state index < -0.39 is 0 Å². The van der Waals surface area contributed by atoms with Crippen LogP contribution in [0.4, 0.5) is 0 Å². The predicted molar refractivity (Wildman–Crippen MR) is 97.8 cm³/mol. The minimum atomic E-state index is 0.532. The summed E-state index contributed by atoms with van der Waals surface area (Å²) in [7, 11) is 2.22. The second kappa shape index (κ2) is 7.76. The molecule has 1 heterocycles. The molecule has 2 aromatic rings. The molecule has 1 saturated heterocycles. The Labute approximate surface area is 140 Å². The van der Waals surface area contributed by atoms with Crippen LogP contribution in [0.1, 0.15) is 29.2 Å². The number of likely N-dealkylation sites (N-methyl/N-ethyl adjacent to an activating group) is 1. The van der Waals surface area contributed by atoms with Gasteiger partial charge in [0.15, 0.2) is 0 Å². The Kier molecular flexibility index (Phi) is 5.47. The van der Waals surface area contributed by atoms with Gasteiger partial charge in [-0.15, -0.1) is 0 Å². The highest BCUT2D eigenvalue weighted by molar-refractivity contribution is 5.25. The first-order chi connectivity index (χ1) is 11.2. The van der Waals surface area contributed by atoms with Crippen molar-refractivity contribution in [2.24, 2.45) is 0 Å². The number of rotatable bonds is 5. The molecular weight excluding hydrogens is 280 g/mol. The molecule has 0 N–H and O–H groups in total. The molecule has 0 amide bonds. The highest BCUT2D eigenvalue weighted by Crippen LogP contribution is 2.27. The molecule has 0 aromatic heterocycles. The van der Waals surface area contributed by atoms with Gasteiger partial charge in [-0.3, -0.25) is 4.90 Å². The zero-order chi connectivity index (χ0) is 16.1. The third-order valence-electron chi connectivity index (χ3n) is 4.99. The molecule has 0 spiro atoms. The maximum absolute atomic E-state index is 2.67. The summed E-state index contributed by atoms with van der Waals surface area (Å²) in [4.78, 5) is 5.10. The summed E-state index contributed by atoms with van der Waals surface area (Å²) in [5.74, 6) is 0. The number of piperazine rings is 1. The van der Waals surface area contributed by atoms with E-state index >= 15 is 0 Å². The molecule has 2 aromatic carbocycles. The summed E-state index contributed by atoms with van der Waals surface area (Å²) in [6.07, 6.45) is 2.34. The van der Waals surface area contributed by atoms with E-state index in [1.807, 2.05) is 0 Å². The van der Waals surface area contributed by atoms with Gasteiger partial charge in [-0.25, -0.2) is 0 Å². The highest BCUT2D eigenvalue weighted by atomic mass is 15.3. The zero-order valence-electron chi connectivity index (χ0n) is 14.4. The third-order valence-corrected chi connectivity index (χ3v) is 4.99. The van der Waals surface area contributed by atoms with E-state index in [0.29, 0.717) is 6.04 Å². The first-order valence-electron chi connectivity index (χ1n) is 8.75. The summed E-state index contributed by atoms with van der Waals surface area (Å²) >= 11 is 0. The molecule has 0 radical (unpaired) electrons. The van der Waals surface area contributed by atoms with Crippen LogP contribution in [0.15, 0.2) is 54.6 Å². The molecule has 2 nitrogen and oxygen atoms in total. The van der Waals surface area contributed by atoms with Gasteiger partial charge >= 0.3 is 0 Å². The van der Waals surface area contributed by atoms with E-state index in [1.165, 1.54) is 49.3 Å². The molecule has 2 heteroatoms. The van der Waals surface area contributed by atoms with Crippen LogP contribution in [0.5, 0.6) is 0 Å². The Morgan fingerprint density at radius 1 is 0.870 bits per heavy atom. The average molecular weight is 308 g/mol. The Morgan fingerprint density at radius 2 is 1.52 bits per heavy atom. The lowest BCUT2D eigenvalue weighted by atomic mass is 9.96. The lowest BCUT2D eigenvalue weighted by Crippen LogP contribution is -2.46. The van der Waals surface area contributed by atoms with Gasteiger partial charge in [0.05, 0.1) is 0 Å². The standard InChI is InChI=1S/C21H28N2/c1-18-8-11-20(12-9-18)21(23-16-14-22(2)15-17-23)13-10-19-6-4-3-5-7-19/h3-9,11-12,21H,10,13-17H2,1-2H3. The molecule has 122 valence electrons. The fraction of sp³-hybridized carbons (Fsp3) is 0.429. The van der Waals surface area contributed by atoms with E-state index in [4.69, 9.17) is 0 Å². The van der Waals surface area contributed by atoms with Crippen molar-refractivity contribution in [3.8, 4) is 0 Å². The molecular formula is C21H28N2. The van der Waals surface area contributed by atoms with Crippen LogP contribution in [0, 0.1) is 6.92 Å². The quantitative estimate of drug-likeness (QED) is 0.826. The van der Waals surface area contributed by atoms with E-state index in [-0.39, 0.29) is 0 Å². The van der Waals surface area contributed by atoms with Crippen molar-refractivity contribution in [3.05, 3.63) is 71.3 Å². The van der Waals surface area contributed by atoms with Crippen molar-refractivity contribution in [2.45, 2.75) is 25.8 Å². The first-order valence-corrected chi connectivity index (χ1v) is 8.75.